The van der Waals surface area contributed by atoms with Crippen LogP contribution in [0.4, 0.5) is 0 Å². The highest BCUT2D eigenvalue weighted by molar-refractivity contribution is 5.80. The molecule has 0 aromatic heterocycles. The van der Waals surface area contributed by atoms with E-state index >= 15 is 0 Å². The van der Waals surface area contributed by atoms with Gasteiger partial charge < -0.3 is 10.1 Å². The Morgan fingerprint density at radius 1 is 1.35 bits per heavy atom. The van der Waals surface area contributed by atoms with Crippen molar-refractivity contribution in [2.45, 2.75) is 38.0 Å². The molecule has 0 spiro atoms. The lowest BCUT2D eigenvalue weighted by molar-refractivity contribution is -0.122. The van der Waals surface area contributed by atoms with E-state index in [2.05, 4.69) is 23.5 Å². The number of benzene rings is 1. The summed E-state index contributed by atoms with van der Waals surface area (Å²) in [4.78, 5) is 11.7. The van der Waals surface area contributed by atoms with Crippen LogP contribution in [0.15, 0.2) is 18.2 Å². The maximum Gasteiger partial charge on any atom is 0.223 e. The van der Waals surface area contributed by atoms with E-state index in [1.807, 2.05) is 0 Å². The number of amides is 1. The third kappa shape index (κ3) is 2.30. The van der Waals surface area contributed by atoms with Gasteiger partial charge in [0.2, 0.25) is 5.91 Å². The van der Waals surface area contributed by atoms with E-state index in [1.165, 1.54) is 17.5 Å². The van der Waals surface area contributed by atoms with E-state index in [-0.39, 0.29) is 5.91 Å². The Labute approximate surface area is 119 Å². The van der Waals surface area contributed by atoms with Crippen molar-refractivity contribution < 1.29 is 9.53 Å². The summed E-state index contributed by atoms with van der Waals surface area (Å²) in [6, 6.07) is 6.45. The smallest absolute Gasteiger partial charge is 0.223 e. The van der Waals surface area contributed by atoms with E-state index in [4.69, 9.17) is 4.74 Å². The quantitative estimate of drug-likeness (QED) is 0.914. The van der Waals surface area contributed by atoms with Crippen molar-refractivity contribution in [3.05, 3.63) is 29.3 Å². The molecular formula is C17H21NO2. The van der Waals surface area contributed by atoms with E-state index in [1.54, 1.807) is 0 Å². The molecule has 4 rings (SSSR count). The van der Waals surface area contributed by atoms with E-state index in [9.17, 15) is 4.79 Å². The van der Waals surface area contributed by atoms with E-state index < -0.39 is 0 Å². The fraction of sp³-hybridized carbons (Fsp3) is 0.588. The second kappa shape index (κ2) is 4.80. The molecule has 20 heavy (non-hydrogen) atoms. The Hall–Kier alpha value is -1.51. The number of hydrogen-bond acceptors (Lipinski definition) is 2. The molecule has 3 nitrogen and oxygen atoms in total. The SMILES string of the molecule is O=C(NC[C@@H]1C[C@H]1c1cccc2c1CCCO2)C1CC1. The summed E-state index contributed by atoms with van der Waals surface area (Å²) < 4.78 is 5.75. The third-order valence-corrected chi connectivity index (χ3v) is 4.81. The van der Waals surface area contributed by atoms with Crippen LogP contribution in [0.1, 0.15) is 42.7 Å². The van der Waals surface area contributed by atoms with Crippen molar-refractivity contribution >= 4 is 5.91 Å². The van der Waals surface area contributed by atoms with E-state index in [0.717, 1.165) is 44.6 Å². The molecule has 2 saturated carbocycles. The molecule has 1 aromatic rings. The van der Waals surface area contributed by atoms with Gasteiger partial charge in [0.25, 0.3) is 0 Å². The summed E-state index contributed by atoms with van der Waals surface area (Å²) in [5.74, 6) is 2.94. The first-order valence-electron chi connectivity index (χ1n) is 7.85. The molecule has 1 aliphatic heterocycles. The molecule has 2 fully saturated rings. The number of carbonyl (C=O) groups is 1. The van der Waals surface area contributed by atoms with Gasteiger partial charge in [-0.2, -0.15) is 0 Å². The summed E-state index contributed by atoms with van der Waals surface area (Å²) in [5, 5.41) is 3.12. The summed E-state index contributed by atoms with van der Waals surface area (Å²) in [7, 11) is 0. The van der Waals surface area contributed by atoms with Gasteiger partial charge in [-0.05, 0) is 61.1 Å². The Morgan fingerprint density at radius 2 is 2.25 bits per heavy atom. The topological polar surface area (TPSA) is 38.3 Å². The van der Waals surface area contributed by atoms with Crippen LogP contribution >= 0.6 is 0 Å². The van der Waals surface area contributed by atoms with Crippen LogP contribution in [-0.4, -0.2) is 19.1 Å². The molecule has 0 radical (unpaired) electrons. The van der Waals surface area contributed by atoms with Crippen molar-refractivity contribution in [3.63, 3.8) is 0 Å². The second-order valence-corrected chi connectivity index (χ2v) is 6.40. The zero-order valence-electron chi connectivity index (χ0n) is 11.7. The first-order chi connectivity index (χ1) is 9.83. The maximum atomic E-state index is 11.7. The number of fused-ring (bicyclic) bond motifs is 1. The van der Waals surface area contributed by atoms with Crippen molar-refractivity contribution in [1.29, 1.82) is 0 Å². The van der Waals surface area contributed by atoms with Crippen molar-refractivity contribution in [2.24, 2.45) is 11.8 Å². The van der Waals surface area contributed by atoms with Crippen LogP contribution in [0.2, 0.25) is 0 Å². The van der Waals surface area contributed by atoms with Gasteiger partial charge in [-0.25, -0.2) is 0 Å². The van der Waals surface area contributed by atoms with Gasteiger partial charge >= 0.3 is 0 Å². The molecule has 3 heteroatoms. The number of carbonyl (C=O) groups excluding carboxylic acids is 1. The lowest BCUT2D eigenvalue weighted by Gasteiger charge is -2.20. The highest BCUT2D eigenvalue weighted by Gasteiger charge is 2.41. The van der Waals surface area contributed by atoms with Crippen LogP contribution in [0.25, 0.3) is 0 Å². The van der Waals surface area contributed by atoms with Gasteiger partial charge in [-0.3, -0.25) is 4.79 Å². The van der Waals surface area contributed by atoms with Gasteiger partial charge in [-0.15, -0.1) is 0 Å². The van der Waals surface area contributed by atoms with Crippen molar-refractivity contribution in [2.75, 3.05) is 13.2 Å². The van der Waals surface area contributed by atoms with Gasteiger partial charge in [0.05, 0.1) is 6.61 Å². The molecule has 0 saturated heterocycles. The first-order valence-corrected chi connectivity index (χ1v) is 7.85. The molecule has 1 aromatic carbocycles. The predicted octanol–water partition coefficient (Wildman–Crippen LogP) is 2.64. The molecule has 106 valence electrons. The van der Waals surface area contributed by atoms with Gasteiger partial charge in [-0.1, -0.05) is 12.1 Å². The zero-order valence-corrected chi connectivity index (χ0v) is 11.7. The molecule has 1 heterocycles. The fourth-order valence-corrected chi connectivity index (χ4v) is 3.34. The zero-order chi connectivity index (χ0) is 13.5. The van der Waals surface area contributed by atoms with E-state index in [0.29, 0.717) is 17.8 Å². The Kier molecular flexibility index (Phi) is 2.94. The summed E-state index contributed by atoms with van der Waals surface area (Å²) in [6.07, 6.45) is 5.65. The molecule has 0 bridgehead atoms. The monoisotopic (exact) mass is 271 g/mol. The summed E-state index contributed by atoms with van der Waals surface area (Å²) >= 11 is 0. The lowest BCUT2D eigenvalue weighted by atomic mass is 9.96. The Bertz CT molecular complexity index is 536. The van der Waals surface area contributed by atoms with Crippen molar-refractivity contribution in [1.82, 2.24) is 5.32 Å². The van der Waals surface area contributed by atoms with Crippen LogP contribution in [0.3, 0.4) is 0 Å². The summed E-state index contributed by atoms with van der Waals surface area (Å²) in [5.41, 5.74) is 2.88. The standard InChI is InChI=1S/C17H21NO2/c19-17(11-6-7-11)18-10-12-9-15(12)13-3-1-5-16-14(13)4-2-8-20-16/h1,3,5,11-12,15H,2,4,6-10H2,(H,18,19)/t12-,15+/m0/s1. The van der Waals surface area contributed by atoms with Crippen molar-refractivity contribution in [3.8, 4) is 5.75 Å². The number of rotatable bonds is 4. The maximum absolute atomic E-state index is 11.7. The molecule has 2 aliphatic carbocycles. The largest absolute Gasteiger partial charge is 0.493 e. The highest BCUT2D eigenvalue weighted by Crippen LogP contribution is 2.50. The average molecular weight is 271 g/mol. The van der Waals surface area contributed by atoms with Gasteiger partial charge in [0.1, 0.15) is 5.75 Å². The molecule has 3 aliphatic rings. The first kappa shape index (κ1) is 12.2. The molecule has 0 unspecified atom stereocenters. The minimum atomic E-state index is 0.272. The van der Waals surface area contributed by atoms with Gasteiger partial charge in [0, 0.05) is 12.5 Å². The predicted molar refractivity (Wildman–Crippen MR) is 76.8 cm³/mol. The minimum absolute atomic E-state index is 0.272. The number of nitrogens with one attached hydrogen (secondary N) is 1. The second-order valence-electron chi connectivity index (χ2n) is 6.40. The highest BCUT2D eigenvalue weighted by atomic mass is 16.5. The summed E-state index contributed by atoms with van der Waals surface area (Å²) in [6.45, 7) is 1.70. The van der Waals surface area contributed by atoms with Crippen LogP contribution < -0.4 is 10.1 Å². The number of ether oxygens (including phenoxy) is 1. The van der Waals surface area contributed by atoms with Crippen LogP contribution in [-0.2, 0) is 11.2 Å². The number of hydrogen-bond donors (Lipinski definition) is 1. The Balaban J connectivity index is 1.41. The molecule has 2 atom stereocenters. The molecular weight excluding hydrogens is 250 g/mol. The van der Waals surface area contributed by atoms with Gasteiger partial charge in [0.15, 0.2) is 0 Å². The molecule has 1 N–H and O–H groups in total. The Morgan fingerprint density at radius 3 is 3.10 bits per heavy atom. The van der Waals surface area contributed by atoms with Crippen LogP contribution in [0.5, 0.6) is 5.75 Å². The minimum Gasteiger partial charge on any atom is -0.493 e. The third-order valence-electron chi connectivity index (χ3n) is 4.81. The molecule has 1 amide bonds. The average Bonchev–Trinajstić information content (AvgIpc) is 3.38. The lowest BCUT2D eigenvalue weighted by Crippen LogP contribution is -2.27. The van der Waals surface area contributed by atoms with Crippen LogP contribution in [0, 0.1) is 11.8 Å². The fourth-order valence-electron chi connectivity index (χ4n) is 3.34. The normalized spacial score (nSPS) is 27.4.